The molecule has 0 saturated heterocycles. The lowest BCUT2D eigenvalue weighted by Crippen LogP contribution is -2.10. The van der Waals surface area contributed by atoms with Crippen LogP contribution in [0.15, 0.2) is 18.2 Å². The van der Waals surface area contributed by atoms with Crippen LogP contribution in [0.5, 0.6) is 5.75 Å². The van der Waals surface area contributed by atoms with E-state index in [4.69, 9.17) is 19.9 Å². The third-order valence-electron chi connectivity index (χ3n) is 2.13. The Bertz CT molecular complexity index is 440. The molecule has 0 atom stereocenters. The predicted molar refractivity (Wildman–Crippen MR) is 70.5 cm³/mol. The summed E-state index contributed by atoms with van der Waals surface area (Å²) in [5, 5.41) is 0. The SMILES string of the molecule is COCCOCCOc1cc(F)cc(C#CCN)c1. The number of benzene rings is 1. The molecule has 0 fully saturated rings. The molecule has 0 spiro atoms. The molecule has 104 valence electrons. The number of ether oxygens (including phenoxy) is 3. The largest absolute Gasteiger partial charge is 0.491 e. The van der Waals surface area contributed by atoms with Crippen molar-refractivity contribution in [3.63, 3.8) is 0 Å². The molecule has 0 aliphatic carbocycles. The van der Waals surface area contributed by atoms with Gasteiger partial charge in [-0.1, -0.05) is 11.8 Å². The Morgan fingerprint density at radius 3 is 2.68 bits per heavy atom. The van der Waals surface area contributed by atoms with Crippen molar-refractivity contribution < 1.29 is 18.6 Å². The highest BCUT2D eigenvalue weighted by Gasteiger charge is 2.00. The van der Waals surface area contributed by atoms with E-state index in [0.717, 1.165) is 0 Å². The number of hydrogen-bond acceptors (Lipinski definition) is 4. The van der Waals surface area contributed by atoms with E-state index < -0.39 is 0 Å². The summed E-state index contributed by atoms with van der Waals surface area (Å²) in [4.78, 5) is 0. The van der Waals surface area contributed by atoms with Gasteiger partial charge in [0, 0.05) is 18.7 Å². The molecule has 19 heavy (non-hydrogen) atoms. The summed E-state index contributed by atoms with van der Waals surface area (Å²) in [6.07, 6.45) is 0. The van der Waals surface area contributed by atoms with Gasteiger partial charge in [0.05, 0.1) is 26.4 Å². The minimum atomic E-state index is -0.390. The normalized spacial score (nSPS) is 9.84. The van der Waals surface area contributed by atoms with Crippen molar-refractivity contribution in [2.75, 3.05) is 40.1 Å². The lowest BCUT2D eigenvalue weighted by atomic mass is 10.2. The van der Waals surface area contributed by atoms with Crippen molar-refractivity contribution in [1.29, 1.82) is 0 Å². The van der Waals surface area contributed by atoms with Gasteiger partial charge in [0.15, 0.2) is 0 Å². The highest BCUT2D eigenvalue weighted by molar-refractivity contribution is 5.40. The summed E-state index contributed by atoms with van der Waals surface area (Å²) >= 11 is 0. The van der Waals surface area contributed by atoms with Crippen LogP contribution in [0.4, 0.5) is 4.39 Å². The Morgan fingerprint density at radius 1 is 1.16 bits per heavy atom. The van der Waals surface area contributed by atoms with Crippen LogP contribution >= 0.6 is 0 Å². The first-order chi connectivity index (χ1) is 9.26. The second-order valence-electron chi connectivity index (χ2n) is 3.64. The van der Waals surface area contributed by atoms with Gasteiger partial charge in [-0.15, -0.1) is 0 Å². The van der Waals surface area contributed by atoms with Gasteiger partial charge < -0.3 is 19.9 Å². The molecule has 0 aromatic heterocycles. The molecule has 0 saturated carbocycles. The first kappa shape index (κ1) is 15.4. The van der Waals surface area contributed by atoms with Crippen LogP contribution in [0.3, 0.4) is 0 Å². The van der Waals surface area contributed by atoms with Crippen LogP contribution in [-0.4, -0.2) is 40.1 Å². The van der Waals surface area contributed by atoms with E-state index in [0.29, 0.717) is 37.7 Å². The summed E-state index contributed by atoms with van der Waals surface area (Å²) in [6, 6.07) is 4.31. The maximum absolute atomic E-state index is 13.3. The highest BCUT2D eigenvalue weighted by Crippen LogP contribution is 2.15. The number of hydrogen-bond donors (Lipinski definition) is 1. The lowest BCUT2D eigenvalue weighted by molar-refractivity contribution is 0.0544. The standard InChI is InChI=1S/C14H18FNO3/c1-17-5-6-18-7-8-19-14-10-12(3-2-4-16)9-13(15)11-14/h9-11H,4-8,16H2,1H3. The third-order valence-corrected chi connectivity index (χ3v) is 2.13. The number of nitrogens with two attached hydrogens (primary N) is 1. The van der Waals surface area contributed by atoms with Crippen LogP contribution in [0.25, 0.3) is 0 Å². The Balaban J connectivity index is 2.42. The van der Waals surface area contributed by atoms with Crippen LogP contribution in [0.1, 0.15) is 5.56 Å². The average molecular weight is 267 g/mol. The molecule has 1 aromatic rings. The maximum atomic E-state index is 13.3. The van der Waals surface area contributed by atoms with Gasteiger partial charge in [-0.05, 0) is 12.1 Å². The van der Waals surface area contributed by atoms with Gasteiger partial charge in [-0.25, -0.2) is 4.39 Å². The molecule has 2 N–H and O–H groups in total. The fourth-order valence-electron chi connectivity index (χ4n) is 1.33. The van der Waals surface area contributed by atoms with Gasteiger partial charge in [-0.2, -0.15) is 0 Å². The molecule has 1 rings (SSSR count). The van der Waals surface area contributed by atoms with Crippen molar-refractivity contribution in [2.24, 2.45) is 5.73 Å². The van der Waals surface area contributed by atoms with E-state index >= 15 is 0 Å². The zero-order chi connectivity index (χ0) is 13.9. The quantitative estimate of drug-likeness (QED) is 0.595. The van der Waals surface area contributed by atoms with Crippen LogP contribution in [0.2, 0.25) is 0 Å². The number of methoxy groups -OCH3 is 1. The summed E-state index contributed by atoms with van der Waals surface area (Å²) in [7, 11) is 1.61. The van der Waals surface area contributed by atoms with Crippen molar-refractivity contribution in [1.82, 2.24) is 0 Å². The zero-order valence-electron chi connectivity index (χ0n) is 10.9. The minimum Gasteiger partial charge on any atom is -0.491 e. The van der Waals surface area contributed by atoms with E-state index in [1.807, 2.05) is 0 Å². The first-order valence-corrected chi connectivity index (χ1v) is 5.95. The molecule has 0 heterocycles. The molecule has 5 heteroatoms. The average Bonchev–Trinajstić information content (AvgIpc) is 2.40. The van der Waals surface area contributed by atoms with Gasteiger partial charge >= 0.3 is 0 Å². The maximum Gasteiger partial charge on any atom is 0.128 e. The molecular formula is C14H18FNO3. The molecule has 0 amide bonds. The first-order valence-electron chi connectivity index (χ1n) is 5.95. The second-order valence-corrected chi connectivity index (χ2v) is 3.64. The summed E-state index contributed by atoms with van der Waals surface area (Å²) in [6.45, 7) is 2.05. The van der Waals surface area contributed by atoms with Gasteiger partial charge in [0.25, 0.3) is 0 Å². The smallest absolute Gasteiger partial charge is 0.128 e. The van der Waals surface area contributed by atoms with Crippen LogP contribution in [0, 0.1) is 17.7 Å². The Kier molecular flexibility index (Phi) is 7.59. The Hall–Kier alpha value is -1.61. The molecule has 4 nitrogen and oxygen atoms in total. The molecule has 0 radical (unpaired) electrons. The van der Waals surface area contributed by atoms with Crippen LogP contribution < -0.4 is 10.5 Å². The van der Waals surface area contributed by atoms with Crippen molar-refractivity contribution in [3.05, 3.63) is 29.6 Å². The van der Waals surface area contributed by atoms with E-state index in [1.165, 1.54) is 12.1 Å². The summed E-state index contributed by atoms with van der Waals surface area (Å²) in [5.41, 5.74) is 5.81. The molecule has 0 aliphatic rings. The van der Waals surface area contributed by atoms with Crippen molar-refractivity contribution >= 4 is 0 Å². The second kappa shape index (κ2) is 9.34. The fraction of sp³-hybridized carbons (Fsp3) is 0.429. The molecule has 1 aromatic carbocycles. The molecule has 0 bridgehead atoms. The molecule has 0 aliphatic heterocycles. The fourth-order valence-corrected chi connectivity index (χ4v) is 1.33. The topological polar surface area (TPSA) is 53.7 Å². The number of halogens is 1. The van der Waals surface area contributed by atoms with Crippen LogP contribution in [-0.2, 0) is 9.47 Å². The van der Waals surface area contributed by atoms with Gasteiger partial charge in [-0.3, -0.25) is 0 Å². The van der Waals surface area contributed by atoms with Crippen molar-refractivity contribution in [2.45, 2.75) is 0 Å². The Morgan fingerprint density at radius 2 is 1.95 bits per heavy atom. The van der Waals surface area contributed by atoms with E-state index in [2.05, 4.69) is 11.8 Å². The van der Waals surface area contributed by atoms with Gasteiger partial charge in [0.2, 0.25) is 0 Å². The monoisotopic (exact) mass is 267 g/mol. The highest BCUT2D eigenvalue weighted by atomic mass is 19.1. The van der Waals surface area contributed by atoms with E-state index in [1.54, 1.807) is 13.2 Å². The van der Waals surface area contributed by atoms with E-state index in [-0.39, 0.29) is 12.4 Å². The lowest BCUT2D eigenvalue weighted by Gasteiger charge is -2.07. The van der Waals surface area contributed by atoms with E-state index in [9.17, 15) is 4.39 Å². The molecular weight excluding hydrogens is 249 g/mol. The number of rotatable bonds is 7. The Labute approximate surface area is 112 Å². The predicted octanol–water partition coefficient (Wildman–Crippen LogP) is 1.18. The minimum absolute atomic E-state index is 0.236. The molecule has 0 unspecified atom stereocenters. The summed E-state index contributed by atoms with van der Waals surface area (Å²) in [5.74, 6) is 5.47. The van der Waals surface area contributed by atoms with Gasteiger partial charge in [0.1, 0.15) is 18.2 Å². The van der Waals surface area contributed by atoms with Crippen molar-refractivity contribution in [3.8, 4) is 17.6 Å². The zero-order valence-corrected chi connectivity index (χ0v) is 10.9. The third kappa shape index (κ3) is 6.77. The summed E-state index contributed by atoms with van der Waals surface area (Å²) < 4.78 is 28.8.